The molecule has 0 saturated carbocycles. The van der Waals surface area contributed by atoms with Crippen molar-refractivity contribution in [1.29, 1.82) is 0 Å². The average Bonchev–Trinajstić information content (AvgIpc) is 1.77. The molecule has 103 heavy (non-hydrogen) atoms. The Morgan fingerprint density at radius 2 is 0.592 bits per heavy atom. The summed E-state index contributed by atoms with van der Waals surface area (Å²) in [6.45, 7) is 28.2. The fourth-order valence-corrected chi connectivity index (χ4v) is 8.73. The number of rotatable bonds is 60. The second kappa shape index (κ2) is 57.0. The Hall–Kier alpha value is -7.42. The van der Waals surface area contributed by atoms with Gasteiger partial charge in [0.25, 0.3) is 0 Å². The largest absolute Gasteiger partial charge is 0.381 e. The molecular weight excluding hydrogens is 1330 g/mol. The van der Waals surface area contributed by atoms with Crippen LogP contribution in [0.15, 0.2) is 18.6 Å². The predicted octanol–water partition coefficient (Wildman–Crippen LogP) is 4.76. The summed E-state index contributed by atoms with van der Waals surface area (Å²) >= 11 is 0. The van der Waals surface area contributed by atoms with Gasteiger partial charge in [0.1, 0.15) is 54.3 Å². The van der Waals surface area contributed by atoms with Crippen LogP contribution in [0.3, 0.4) is 0 Å². The number of hydrogen-bond donors (Lipinski definition) is 4. The first-order chi connectivity index (χ1) is 49.0. The van der Waals surface area contributed by atoms with E-state index in [1.54, 1.807) is 18.6 Å². The van der Waals surface area contributed by atoms with Gasteiger partial charge in [0.2, 0.25) is 17.7 Å². The summed E-state index contributed by atoms with van der Waals surface area (Å²) in [5, 5.41) is 32.0. The van der Waals surface area contributed by atoms with Gasteiger partial charge in [-0.2, -0.15) is 0 Å². The number of nitrogens with two attached hydrogens (primary N) is 1. The molecule has 3 aromatic rings. The van der Waals surface area contributed by atoms with E-state index < -0.39 is 6.04 Å². The van der Waals surface area contributed by atoms with Crippen molar-refractivity contribution in [2.24, 2.45) is 41.2 Å². The highest BCUT2D eigenvalue weighted by Crippen LogP contribution is 2.08. The Bertz CT molecular complexity index is 2850. The molecule has 3 heterocycles. The number of hydrogen-bond acceptors (Lipinski definition) is 25. The summed E-state index contributed by atoms with van der Waals surface area (Å²) in [5.41, 5.74) is 7.74. The minimum atomic E-state index is -0.807. The lowest BCUT2D eigenvalue weighted by Gasteiger charge is -2.11. The molecule has 31 heteroatoms. The Labute approximate surface area is 608 Å². The molecule has 582 valence electrons. The van der Waals surface area contributed by atoms with Crippen molar-refractivity contribution in [3.05, 3.63) is 35.7 Å². The molecule has 5 N–H and O–H groups in total. The van der Waals surface area contributed by atoms with E-state index >= 15 is 0 Å². The molecule has 1 unspecified atom stereocenters. The molecule has 3 aromatic heterocycles. The third-order valence-corrected chi connectivity index (χ3v) is 15.5. The third-order valence-electron chi connectivity index (χ3n) is 15.5. The van der Waals surface area contributed by atoms with Crippen molar-refractivity contribution in [2.75, 3.05) is 98.9 Å². The molecule has 1 atom stereocenters. The highest BCUT2D eigenvalue weighted by atomic mass is 16.5. The monoisotopic (exact) mass is 1460 g/mol. The molecule has 0 radical (unpaired) electrons. The first kappa shape index (κ1) is 93.6. The second-order valence-electron chi connectivity index (χ2n) is 26.9. The summed E-state index contributed by atoms with van der Waals surface area (Å²) in [6, 6.07) is -0.807. The van der Waals surface area contributed by atoms with Crippen LogP contribution in [0.25, 0.3) is 0 Å². The van der Waals surface area contributed by atoms with Gasteiger partial charge in [-0.1, -0.05) is 98.7 Å². The summed E-state index contributed by atoms with van der Waals surface area (Å²) in [5.74, 6) is 0.497. The number of amides is 3. The maximum atomic E-state index is 12.1. The fraction of sp³-hybridized carbons (Fsp3) is 0.750. The zero-order valence-electron chi connectivity index (χ0n) is 63.5. The molecule has 31 nitrogen and oxygen atoms in total. The van der Waals surface area contributed by atoms with Crippen LogP contribution in [-0.4, -0.2) is 220 Å². The van der Waals surface area contributed by atoms with Gasteiger partial charge in [0.05, 0.1) is 82.6 Å². The molecule has 0 aliphatic heterocycles. The SMILES string of the molecule is CC(C)C(=O)CCOCCCC(=O)Cn1cc(CC(N)C(=O)NCCOCCC(=O)C(C)C)nn1.CC(C)C(=O)CCOCCCC(=O)Cn1cc(CCC(=O)NCCOCCC(=O)C(C)C)nn1.CC(C)C(=O)CCOCCCC(=O)Cn1cc(CCC(=O)NCCOCCC(=O)C(C)C)nn1. The molecule has 3 amide bonds. The van der Waals surface area contributed by atoms with Crippen LogP contribution in [0, 0.1) is 35.5 Å². The van der Waals surface area contributed by atoms with Crippen molar-refractivity contribution in [3.63, 3.8) is 0 Å². The number of carbonyl (C=O) groups excluding carboxylic acids is 12. The molecular formula is C72H121N13O18. The predicted molar refractivity (Wildman–Crippen MR) is 382 cm³/mol. The Balaban J connectivity index is 0.000000773. The fourth-order valence-electron chi connectivity index (χ4n) is 8.73. The van der Waals surface area contributed by atoms with E-state index in [-0.39, 0.29) is 144 Å². The van der Waals surface area contributed by atoms with Crippen molar-refractivity contribution in [3.8, 4) is 0 Å². The molecule has 3 rings (SSSR count). The van der Waals surface area contributed by atoms with Crippen molar-refractivity contribution < 1.29 is 86.0 Å². The molecule has 0 fully saturated rings. The van der Waals surface area contributed by atoms with E-state index in [2.05, 4.69) is 46.9 Å². The number of ether oxygens (including phenoxy) is 6. The summed E-state index contributed by atoms with van der Waals surface area (Å²) < 4.78 is 36.7. The molecule has 0 saturated heterocycles. The van der Waals surface area contributed by atoms with Crippen LogP contribution < -0.4 is 21.7 Å². The maximum absolute atomic E-state index is 12.1. The second-order valence-corrected chi connectivity index (χ2v) is 26.9. The molecule has 0 aromatic carbocycles. The van der Waals surface area contributed by atoms with Gasteiger partial charge in [-0.25, -0.2) is 14.0 Å². The van der Waals surface area contributed by atoms with Gasteiger partial charge < -0.3 is 50.1 Å². The number of Topliss-reactive ketones (excluding diaryl/α,β-unsaturated/α-hetero) is 9. The zero-order valence-corrected chi connectivity index (χ0v) is 63.5. The van der Waals surface area contributed by atoms with Gasteiger partial charge in [-0.3, -0.25) is 57.5 Å². The lowest BCUT2D eigenvalue weighted by Crippen LogP contribution is -2.43. The topological polar surface area (TPSA) is 414 Å². The summed E-state index contributed by atoms with van der Waals surface area (Å²) in [4.78, 5) is 141. The number of nitrogens with zero attached hydrogens (tertiary/aromatic N) is 9. The lowest BCUT2D eigenvalue weighted by atomic mass is 10.1. The Kier molecular flexibility index (Phi) is 51.8. The van der Waals surface area contributed by atoms with Crippen molar-refractivity contribution in [1.82, 2.24) is 60.9 Å². The number of nitrogens with one attached hydrogen (secondary N) is 3. The first-order valence-corrected chi connectivity index (χ1v) is 36.4. The summed E-state index contributed by atoms with van der Waals surface area (Å²) in [7, 11) is 0. The highest BCUT2D eigenvalue weighted by molar-refractivity contribution is 5.84. The van der Waals surface area contributed by atoms with E-state index in [0.717, 1.165) is 0 Å². The van der Waals surface area contributed by atoms with E-state index in [1.165, 1.54) is 14.0 Å². The quantitative estimate of drug-likeness (QED) is 0.0553. The first-order valence-electron chi connectivity index (χ1n) is 36.4. The number of aromatic nitrogens is 9. The number of carbonyl (C=O) groups is 12. The normalized spacial score (nSPS) is 11.6. The van der Waals surface area contributed by atoms with Crippen LogP contribution in [0.1, 0.15) is 190 Å². The highest BCUT2D eigenvalue weighted by Gasteiger charge is 2.19. The van der Waals surface area contributed by atoms with Gasteiger partial charge in [0.15, 0.2) is 17.3 Å². The van der Waals surface area contributed by atoms with Crippen LogP contribution in [0.4, 0.5) is 0 Å². The third kappa shape index (κ3) is 49.8. The van der Waals surface area contributed by atoms with Crippen LogP contribution >= 0.6 is 0 Å². The Morgan fingerprint density at radius 3 is 0.874 bits per heavy atom. The van der Waals surface area contributed by atoms with Crippen molar-refractivity contribution >= 4 is 69.8 Å². The minimum Gasteiger partial charge on any atom is -0.381 e. The van der Waals surface area contributed by atoms with Gasteiger partial charge >= 0.3 is 0 Å². The Morgan fingerprint density at radius 1 is 0.340 bits per heavy atom. The molecule has 0 bridgehead atoms. The standard InChI is InChI=1S/C24H41N5O6.2C24H40N4O6/c1-17(2)22(31)7-11-34-10-5-6-20(30)16-29-15-19(27-28-29)14-21(25)24(33)26-9-13-35-12-8-23(32)18(3)4;2*1-18(2)22(30)9-13-33-12-5-6-21(29)17-28-16-20(26-27-28)7-8-24(32)25-11-15-34-14-10-23(31)19(3)4/h15,17-18,21H,5-14,16,25H2,1-4H3,(H,26,33);2*16,18-19H,5-15,17H2,1-4H3,(H,25,32). The minimum absolute atomic E-state index is 0.00887. The van der Waals surface area contributed by atoms with Crippen LogP contribution in [0.5, 0.6) is 0 Å². The van der Waals surface area contributed by atoms with Gasteiger partial charge in [-0.05, 0) is 19.3 Å². The van der Waals surface area contributed by atoms with E-state index in [4.69, 9.17) is 34.2 Å². The van der Waals surface area contributed by atoms with Gasteiger partial charge in [-0.15, -0.1) is 15.3 Å². The zero-order chi connectivity index (χ0) is 76.9. The van der Waals surface area contributed by atoms with Gasteiger partial charge in [0, 0.05) is 183 Å². The lowest BCUT2D eigenvalue weighted by molar-refractivity contribution is -0.124. The smallest absolute Gasteiger partial charge is 0.237 e. The molecule has 0 aliphatic carbocycles. The average molecular weight is 1460 g/mol. The van der Waals surface area contributed by atoms with Crippen molar-refractivity contribution in [2.45, 2.75) is 218 Å². The van der Waals surface area contributed by atoms with E-state index in [0.29, 0.717) is 206 Å². The summed E-state index contributed by atoms with van der Waals surface area (Å²) in [6.07, 6.45) is 11.7. The maximum Gasteiger partial charge on any atom is 0.237 e. The number of aryl methyl sites for hydroxylation is 2. The van der Waals surface area contributed by atoms with E-state index in [1.807, 2.05) is 83.1 Å². The van der Waals surface area contributed by atoms with Crippen LogP contribution in [0.2, 0.25) is 0 Å². The van der Waals surface area contributed by atoms with Crippen LogP contribution in [-0.2, 0) is 125 Å². The molecule has 0 spiro atoms. The number of ketones is 9. The molecule has 0 aliphatic rings. The van der Waals surface area contributed by atoms with E-state index in [9.17, 15) is 57.5 Å².